The van der Waals surface area contributed by atoms with E-state index in [1.807, 2.05) is 36.5 Å². The zero-order valence-electron chi connectivity index (χ0n) is 15.2. The van der Waals surface area contributed by atoms with Crippen LogP contribution in [0.2, 0.25) is 0 Å². The van der Waals surface area contributed by atoms with Gasteiger partial charge in [-0.05, 0) is 37.1 Å². The van der Waals surface area contributed by atoms with Gasteiger partial charge in [0.15, 0.2) is 0 Å². The molecule has 0 unspecified atom stereocenters. The van der Waals surface area contributed by atoms with E-state index in [1.165, 1.54) is 4.88 Å². The number of hydrogen-bond donors (Lipinski definition) is 1. The third-order valence-corrected chi connectivity index (χ3v) is 5.69. The molecule has 27 heavy (non-hydrogen) atoms. The van der Waals surface area contributed by atoms with Gasteiger partial charge >= 0.3 is 0 Å². The minimum Gasteiger partial charge on any atom is -0.372 e. The summed E-state index contributed by atoms with van der Waals surface area (Å²) in [6, 6.07) is 14.5. The van der Waals surface area contributed by atoms with Crippen molar-refractivity contribution in [3.05, 3.63) is 76.0 Å². The Morgan fingerprint density at radius 2 is 1.96 bits per heavy atom. The number of piperidine rings is 1. The summed E-state index contributed by atoms with van der Waals surface area (Å²) in [4.78, 5) is 12.1. The van der Waals surface area contributed by atoms with E-state index >= 15 is 0 Å². The molecular formula is C22H23N3OS. The van der Waals surface area contributed by atoms with E-state index in [0.29, 0.717) is 12.7 Å². The van der Waals surface area contributed by atoms with Gasteiger partial charge in [-0.3, -0.25) is 4.90 Å². The second-order valence-corrected chi connectivity index (χ2v) is 7.91. The summed E-state index contributed by atoms with van der Waals surface area (Å²) in [5.41, 5.74) is 2.10. The van der Waals surface area contributed by atoms with Crippen molar-refractivity contribution in [2.24, 2.45) is 0 Å². The Labute approximate surface area is 164 Å². The van der Waals surface area contributed by atoms with Gasteiger partial charge in [-0.15, -0.1) is 11.3 Å². The first-order valence-corrected chi connectivity index (χ1v) is 10.1. The summed E-state index contributed by atoms with van der Waals surface area (Å²) in [7, 11) is 0. The molecule has 5 heteroatoms. The van der Waals surface area contributed by atoms with Crippen molar-refractivity contribution >= 4 is 11.3 Å². The van der Waals surface area contributed by atoms with Crippen LogP contribution in [-0.2, 0) is 17.9 Å². The highest BCUT2D eigenvalue weighted by Crippen LogP contribution is 2.21. The predicted octanol–water partition coefficient (Wildman–Crippen LogP) is 4.05. The molecule has 0 aliphatic carbocycles. The topological polar surface area (TPSA) is 41.1 Å². The summed E-state index contributed by atoms with van der Waals surface area (Å²) >= 11 is 1.80. The molecule has 138 valence electrons. The Morgan fingerprint density at radius 1 is 1.11 bits per heavy atom. The van der Waals surface area contributed by atoms with Crippen molar-refractivity contribution in [2.45, 2.75) is 32.1 Å². The van der Waals surface area contributed by atoms with Crippen LogP contribution >= 0.6 is 11.3 Å². The number of aromatic amines is 1. The van der Waals surface area contributed by atoms with Crippen LogP contribution in [-0.4, -0.2) is 34.1 Å². The molecule has 0 atom stereocenters. The summed E-state index contributed by atoms with van der Waals surface area (Å²) in [6.45, 7) is 3.79. The summed E-state index contributed by atoms with van der Waals surface area (Å²) in [5.74, 6) is 6.51. The molecule has 2 aromatic heterocycles. The van der Waals surface area contributed by atoms with Crippen LogP contribution in [0.25, 0.3) is 0 Å². The SMILES string of the molecule is C(#Cc1ccc(CN2CCC(OCc3cnc[nH]3)CC2)s1)c1ccccc1. The number of hydrogen-bond acceptors (Lipinski definition) is 4. The highest BCUT2D eigenvalue weighted by molar-refractivity contribution is 7.12. The van der Waals surface area contributed by atoms with Gasteiger partial charge in [-0.2, -0.15) is 0 Å². The quantitative estimate of drug-likeness (QED) is 0.682. The number of H-pyrrole nitrogens is 1. The molecule has 0 amide bonds. The number of ether oxygens (including phenoxy) is 1. The zero-order valence-corrected chi connectivity index (χ0v) is 16.0. The van der Waals surface area contributed by atoms with E-state index in [4.69, 9.17) is 4.74 Å². The maximum atomic E-state index is 5.99. The maximum absolute atomic E-state index is 5.99. The highest BCUT2D eigenvalue weighted by atomic mass is 32.1. The zero-order chi connectivity index (χ0) is 18.3. The van der Waals surface area contributed by atoms with E-state index in [2.05, 4.69) is 38.8 Å². The van der Waals surface area contributed by atoms with Crippen LogP contribution in [0.1, 0.15) is 33.9 Å². The average Bonchev–Trinajstić information content (AvgIpc) is 3.39. The summed E-state index contributed by atoms with van der Waals surface area (Å²) in [6.07, 6.45) is 6.03. The second-order valence-electron chi connectivity index (χ2n) is 6.75. The van der Waals surface area contributed by atoms with E-state index in [0.717, 1.165) is 48.6 Å². The van der Waals surface area contributed by atoms with Gasteiger partial charge in [-0.1, -0.05) is 30.0 Å². The fraction of sp³-hybridized carbons (Fsp3) is 0.318. The fourth-order valence-corrected chi connectivity index (χ4v) is 4.11. The molecule has 0 saturated carbocycles. The first-order valence-electron chi connectivity index (χ1n) is 9.32. The molecule has 0 spiro atoms. The molecule has 1 aliphatic rings. The third kappa shape index (κ3) is 5.30. The minimum atomic E-state index is 0.347. The molecule has 0 bridgehead atoms. The van der Waals surface area contributed by atoms with Gasteiger partial charge < -0.3 is 9.72 Å². The third-order valence-electron chi connectivity index (χ3n) is 4.71. The predicted molar refractivity (Wildman–Crippen MR) is 108 cm³/mol. The molecule has 1 N–H and O–H groups in total. The molecule has 1 aromatic carbocycles. The van der Waals surface area contributed by atoms with Crippen molar-refractivity contribution in [3.63, 3.8) is 0 Å². The van der Waals surface area contributed by atoms with E-state index in [-0.39, 0.29) is 0 Å². The lowest BCUT2D eigenvalue weighted by Gasteiger charge is -2.31. The number of likely N-dealkylation sites (tertiary alicyclic amines) is 1. The van der Waals surface area contributed by atoms with Gasteiger partial charge in [0.1, 0.15) is 0 Å². The van der Waals surface area contributed by atoms with Crippen molar-refractivity contribution in [3.8, 4) is 11.8 Å². The molecule has 4 nitrogen and oxygen atoms in total. The Morgan fingerprint density at radius 3 is 2.74 bits per heavy atom. The van der Waals surface area contributed by atoms with Crippen LogP contribution in [0.3, 0.4) is 0 Å². The van der Waals surface area contributed by atoms with E-state index in [9.17, 15) is 0 Å². The highest BCUT2D eigenvalue weighted by Gasteiger charge is 2.20. The molecular weight excluding hydrogens is 354 g/mol. The number of nitrogens with zero attached hydrogens (tertiary/aromatic N) is 2. The van der Waals surface area contributed by atoms with Crippen molar-refractivity contribution < 1.29 is 4.74 Å². The van der Waals surface area contributed by atoms with Crippen molar-refractivity contribution in [1.29, 1.82) is 0 Å². The number of imidazole rings is 1. The Hall–Kier alpha value is -2.39. The van der Waals surface area contributed by atoms with E-state index < -0.39 is 0 Å². The summed E-state index contributed by atoms with van der Waals surface area (Å²) in [5, 5.41) is 0. The van der Waals surface area contributed by atoms with Gasteiger partial charge in [0.2, 0.25) is 0 Å². The van der Waals surface area contributed by atoms with Gasteiger partial charge in [0.25, 0.3) is 0 Å². The van der Waals surface area contributed by atoms with Gasteiger partial charge in [0, 0.05) is 30.1 Å². The minimum absolute atomic E-state index is 0.347. The van der Waals surface area contributed by atoms with E-state index in [1.54, 1.807) is 17.7 Å². The van der Waals surface area contributed by atoms with Crippen LogP contribution in [0, 0.1) is 11.8 Å². The Balaban J connectivity index is 1.24. The lowest BCUT2D eigenvalue weighted by Crippen LogP contribution is -2.36. The first kappa shape index (κ1) is 18.0. The standard InChI is InChI=1S/C22H23N3OS/c1-2-4-18(5-3-1)6-7-21-8-9-22(27-21)15-25-12-10-20(11-13-25)26-16-19-14-23-17-24-19/h1-5,8-9,14,17,20H,10-13,15-16H2,(H,23,24). The number of aromatic nitrogens is 2. The van der Waals surface area contributed by atoms with Gasteiger partial charge in [-0.25, -0.2) is 4.98 Å². The van der Waals surface area contributed by atoms with Crippen molar-refractivity contribution in [2.75, 3.05) is 13.1 Å². The lowest BCUT2D eigenvalue weighted by atomic mass is 10.1. The Bertz CT molecular complexity index is 885. The Kier molecular flexibility index (Phi) is 6.00. The average molecular weight is 378 g/mol. The summed E-state index contributed by atoms with van der Waals surface area (Å²) < 4.78 is 5.99. The lowest BCUT2D eigenvalue weighted by molar-refractivity contribution is -0.00494. The smallest absolute Gasteiger partial charge is 0.0922 e. The first-order chi connectivity index (χ1) is 13.3. The molecule has 0 radical (unpaired) electrons. The monoisotopic (exact) mass is 377 g/mol. The molecule has 1 saturated heterocycles. The van der Waals surface area contributed by atoms with Crippen molar-refractivity contribution in [1.82, 2.24) is 14.9 Å². The fourth-order valence-electron chi connectivity index (χ4n) is 3.21. The van der Waals surface area contributed by atoms with Crippen LogP contribution in [0.4, 0.5) is 0 Å². The normalized spacial score (nSPS) is 15.4. The molecule has 1 aliphatic heterocycles. The molecule has 4 rings (SSSR count). The van der Waals surface area contributed by atoms with Crippen LogP contribution in [0.5, 0.6) is 0 Å². The second kappa shape index (κ2) is 9.01. The number of thiophene rings is 1. The molecule has 3 aromatic rings. The maximum Gasteiger partial charge on any atom is 0.0922 e. The molecule has 1 fully saturated rings. The number of benzene rings is 1. The van der Waals surface area contributed by atoms with Gasteiger partial charge in [0.05, 0.1) is 35.8 Å². The van der Waals surface area contributed by atoms with Crippen LogP contribution < -0.4 is 0 Å². The number of rotatable bonds is 5. The number of nitrogens with one attached hydrogen (secondary N) is 1. The van der Waals surface area contributed by atoms with Crippen LogP contribution in [0.15, 0.2) is 55.0 Å². The molecule has 3 heterocycles. The largest absolute Gasteiger partial charge is 0.372 e.